The van der Waals surface area contributed by atoms with Crippen LogP contribution < -0.4 is 10.8 Å². The molecule has 1 aliphatic rings. The summed E-state index contributed by atoms with van der Waals surface area (Å²) >= 11 is 0. The Balaban J connectivity index is 1.73. The largest absolute Gasteiger partial charge is 0.350 e. The predicted molar refractivity (Wildman–Crippen MR) is 117 cm³/mol. The Morgan fingerprint density at radius 2 is 1.77 bits per heavy atom. The number of aryl methyl sites for hydroxylation is 1. The molecule has 1 unspecified atom stereocenters. The minimum Gasteiger partial charge on any atom is -0.350 e. The van der Waals surface area contributed by atoms with E-state index in [0.717, 1.165) is 31.7 Å². The molecule has 0 radical (unpaired) electrons. The van der Waals surface area contributed by atoms with E-state index in [0.29, 0.717) is 19.5 Å². The highest BCUT2D eigenvalue weighted by Crippen LogP contribution is 2.17. The highest BCUT2D eigenvalue weighted by molar-refractivity contribution is 7.86. The van der Waals surface area contributed by atoms with Crippen molar-refractivity contribution in [3.05, 3.63) is 29.8 Å². The zero-order chi connectivity index (χ0) is 22.4. The SMILES string of the molecule is Cc1ccc(S(=O)(=O)ONCC(C)CC(C)(C)NC(=O)CN2CCN(C)CC2)cc1. The lowest BCUT2D eigenvalue weighted by Gasteiger charge is -2.34. The lowest BCUT2D eigenvalue weighted by Crippen LogP contribution is -2.52. The molecule has 0 aromatic heterocycles. The molecule has 30 heavy (non-hydrogen) atoms. The molecule has 1 fully saturated rings. The number of likely N-dealkylation sites (N-methyl/N-ethyl adjacent to an activating group) is 1. The topological polar surface area (TPSA) is 91.0 Å². The standard InChI is InChI=1S/C21H36N4O4S/c1-17-6-8-19(9-7-17)30(27,28)29-22-15-18(2)14-21(3,4)23-20(26)16-25-12-10-24(5)11-13-25/h6-9,18,22H,10-16H2,1-5H3,(H,23,26). The molecule has 2 rings (SSSR count). The maximum absolute atomic E-state index is 12.4. The van der Waals surface area contributed by atoms with Crippen molar-refractivity contribution in [1.82, 2.24) is 20.6 Å². The number of rotatable bonds is 10. The summed E-state index contributed by atoms with van der Waals surface area (Å²) < 4.78 is 29.4. The van der Waals surface area contributed by atoms with Crippen LogP contribution in [0.15, 0.2) is 29.2 Å². The maximum atomic E-state index is 12.4. The summed E-state index contributed by atoms with van der Waals surface area (Å²) in [5.74, 6) is 0.111. The Kier molecular flexibility index (Phi) is 8.81. The van der Waals surface area contributed by atoms with Crippen molar-refractivity contribution >= 4 is 16.0 Å². The molecule has 0 aliphatic carbocycles. The van der Waals surface area contributed by atoms with Crippen LogP contribution in [0.3, 0.4) is 0 Å². The summed E-state index contributed by atoms with van der Waals surface area (Å²) in [5.41, 5.74) is 3.15. The number of carbonyl (C=O) groups is 1. The van der Waals surface area contributed by atoms with Gasteiger partial charge in [0.1, 0.15) is 0 Å². The van der Waals surface area contributed by atoms with Crippen molar-refractivity contribution in [2.45, 2.75) is 44.6 Å². The predicted octanol–water partition coefficient (Wildman–Crippen LogP) is 1.37. The van der Waals surface area contributed by atoms with E-state index < -0.39 is 15.7 Å². The first-order valence-electron chi connectivity index (χ1n) is 10.4. The Morgan fingerprint density at radius 1 is 1.17 bits per heavy atom. The third kappa shape index (κ3) is 8.31. The highest BCUT2D eigenvalue weighted by atomic mass is 32.2. The quantitative estimate of drug-likeness (QED) is 0.531. The third-order valence-electron chi connectivity index (χ3n) is 5.21. The van der Waals surface area contributed by atoms with Gasteiger partial charge < -0.3 is 10.2 Å². The maximum Gasteiger partial charge on any atom is 0.312 e. The fraction of sp³-hybridized carbons (Fsp3) is 0.667. The van der Waals surface area contributed by atoms with Crippen LogP contribution in [0.25, 0.3) is 0 Å². The van der Waals surface area contributed by atoms with Gasteiger partial charge in [0.2, 0.25) is 5.91 Å². The molecular formula is C21H36N4O4S. The number of benzene rings is 1. The molecule has 1 heterocycles. The van der Waals surface area contributed by atoms with Gasteiger partial charge >= 0.3 is 10.1 Å². The average Bonchev–Trinajstić information content (AvgIpc) is 2.62. The lowest BCUT2D eigenvalue weighted by atomic mass is 9.91. The van der Waals surface area contributed by atoms with Crippen LogP contribution in [0.2, 0.25) is 0 Å². The number of hydrogen-bond acceptors (Lipinski definition) is 7. The summed E-state index contributed by atoms with van der Waals surface area (Å²) in [6.45, 7) is 12.4. The van der Waals surface area contributed by atoms with Crippen molar-refractivity contribution in [2.75, 3.05) is 46.3 Å². The number of carbonyl (C=O) groups excluding carboxylic acids is 1. The molecule has 1 aliphatic heterocycles. The summed E-state index contributed by atoms with van der Waals surface area (Å²) in [5, 5.41) is 3.10. The van der Waals surface area contributed by atoms with Crippen molar-refractivity contribution in [3.63, 3.8) is 0 Å². The summed E-state index contributed by atoms with van der Waals surface area (Å²) in [7, 11) is -1.76. The van der Waals surface area contributed by atoms with Crippen molar-refractivity contribution in [3.8, 4) is 0 Å². The van der Waals surface area contributed by atoms with E-state index in [1.54, 1.807) is 12.1 Å². The third-order valence-corrected chi connectivity index (χ3v) is 6.40. The van der Waals surface area contributed by atoms with E-state index in [-0.39, 0.29) is 16.7 Å². The first kappa shape index (κ1) is 24.7. The molecule has 9 heteroatoms. The Hall–Kier alpha value is -1.52. The number of nitrogens with zero attached hydrogens (tertiary/aromatic N) is 2. The fourth-order valence-corrected chi connectivity index (χ4v) is 4.42. The van der Waals surface area contributed by atoms with Gasteiger partial charge in [0.15, 0.2) is 0 Å². The Morgan fingerprint density at radius 3 is 2.37 bits per heavy atom. The first-order chi connectivity index (χ1) is 14.0. The molecule has 1 saturated heterocycles. The minimum atomic E-state index is -3.85. The first-order valence-corrected chi connectivity index (χ1v) is 11.8. The molecule has 0 bridgehead atoms. The van der Waals surface area contributed by atoms with Crippen LogP contribution in [0.5, 0.6) is 0 Å². The molecule has 8 nitrogen and oxygen atoms in total. The van der Waals surface area contributed by atoms with Gasteiger partial charge in [0, 0.05) is 38.3 Å². The normalized spacial score (nSPS) is 17.6. The molecule has 1 aromatic carbocycles. The van der Waals surface area contributed by atoms with Crippen LogP contribution >= 0.6 is 0 Å². The van der Waals surface area contributed by atoms with E-state index in [1.165, 1.54) is 12.1 Å². The van der Waals surface area contributed by atoms with E-state index in [1.807, 2.05) is 27.7 Å². The number of piperazine rings is 1. The smallest absolute Gasteiger partial charge is 0.312 e. The monoisotopic (exact) mass is 440 g/mol. The second-order valence-corrected chi connectivity index (χ2v) is 10.6. The summed E-state index contributed by atoms with van der Waals surface area (Å²) in [4.78, 5) is 17.0. The average molecular weight is 441 g/mol. The number of hydroxylamine groups is 1. The van der Waals surface area contributed by atoms with Gasteiger partial charge in [-0.15, -0.1) is 0 Å². The second kappa shape index (κ2) is 10.7. The minimum absolute atomic E-state index is 0.0166. The van der Waals surface area contributed by atoms with Crippen LogP contribution in [-0.4, -0.2) is 76.0 Å². The fourth-order valence-electron chi connectivity index (χ4n) is 3.63. The molecule has 1 aromatic rings. The van der Waals surface area contributed by atoms with E-state index in [4.69, 9.17) is 4.28 Å². The van der Waals surface area contributed by atoms with Crippen LogP contribution in [-0.2, 0) is 19.2 Å². The Bertz CT molecular complexity index is 788. The van der Waals surface area contributed by atoms with Gasteiger partial charge in [-0.05, 0) is 52.3 Å². The molecule has 1 amide bonds. The molecule has 1 atom stereocenters. The van der Waals surface area contributed by atoms with E-state index in [9.17, 15) is 13.2 Å². The molecule has 2 N–H and O–H groups in total. The zero-order valence-corrected chi connectivity index (χ0v) is 19.6. The highest BCUT2D eigenvalue weighted by Gasteiger charge is 2.25. The second-order valence-electron chi connectivity index (χ2n) is 9.02. The van der Waals surface area contributed by atoms with E-state index in [2.05, 4.69) is 27.6 Å². The number of nitrogens with one attached hydrogen (secondary N) is 2. The van der Waals surface area contributed by atoms with Gasteiger partial charge in [-0.3, -0.25) is 9.69 Å². The van der Waals surface area contributed by atoms with Gasteiger partial charge in [0.05, 0.1) is 11.4 Å². The summed E-state index contributed by atoms with van der Waals surface area (Å²) in [6, 6.07) is 6.50. The van der Waals surface area contributed by atoms with Crippen molar-refractivity contribution < 1.29 is 17.5 Å². The van der Waals surface area contributed by atoms with Gasteiger partial charge in [0.25, 0.3) is 0 Å². The van der Waals surface area contributed by atoms with Crippen LogP contribution in [0.4, 0.5) is 0 Å². The summed E-state index contributed by atoms with van der Waals surface area (Å²) in [6.07, 6.45) is 0.683. The van der Waals surface area contributed by atoms with Crippen LogP contribution in [0, 0.1) is 12.8 Å². The van der Waals surface area contributed by atoms with E-state index >= 15 is 0 Å². The Labute approximate surface area is 181 Å². The van der Waals surface area contributed by atoms with Gasteiger partial charge in [-0.1, -0.05) is 24.6 Å². The lowest BCUT2D eigenvalue weighted by molar-refractivity contribution is -0.124. The molecule has 0 saturated carbocycles. The molecule has 0 spiro atoms. The van der Waals surface area contributed by atoms with Crippen molar-refractivity contribution in [2.24, 2.45) is 5.92 Å². The molecular weight excluding hydrogens is 404 g/mol. The number of hydrogen-bond donors (Lipinski definition) is 2. The molecule has 170 valence electrons. The van der Waals surface area contributed by atoms with Crippen LogP contribution in [0.1, 0.15) is 32.8 Å². The zero-order valence-electron chi connectivity index (χ0n) is 18.8. The van der Waals surface area contributed by atoms with Crippen molar-refractivity contribution in [1.29, 1.82) is 0 Å². The number of amides is 1. The van der Waals surface area contributed by atoms with Gasteiger partial charge in [-0.2, -0.15) is 18.2 Å². The van der Waals surface area contributed by atoms with Gasteiger partial charge in [-0.25, -0.2) is 0 Å².